The van der Waals surface area contributed by atoms with Gasteiger partial charge in [-0.15, -0.1) is 0 Å². The summed E-state index contributed by atoms with van der Waals surface area (Å²) in [6.45, 7) is 5.30. The third-order valence-electron chi connectivity index (χ3n) is 3.96. The van der Waals surface area contributed by atoms with Crippen molar-refractivity contribution >= 4 is 11.5 Å². The van der Waals surface area contributed by atoms with Crippen molar-refractivity contribution in [3.63, 3.8) is 0 Å². The van der Waals surface area contributed by atoms with Gasteiger partial charge in [0.2, 0.25) is 0 Å². The number of rotatable bonds is 3. The lowest BCUT2D eigenvalue weighted by Gasteiger charge is -2.25. The van der Waals surface area contributed by atoms with Crippen LogP contribution in [0.15, 0.2) is 65.7 Å². The Morgan fingerprint density at radius 2 is 1.57 bits per heavy atom. The lowest BCUT2D eigenvalue weighted by atomic mass is 10.0. The summed E-state index contributed by atoms with van der Waals surface area (Å²) in [4.78, 5) is 7.29. The molecule has 0 fully saturated rings. The zero-order valence-corrected chi connectivity index (χ0v) is 12.8. The van der Waals surface area contributed by atoms with Crippen LogP contribution in [0.1, 0.15) is 32.3 Å². The Kier molecular flexibility index (Phi) is 3.78. The quantitative estimate of drug-likeness (QED) is 0.797. The van der Waals surface area contributed by atoms with Gasteiger partial charge in [0.25, 0.3) is 0 Å². The fourth-order valence-electron chi connectivity index (χ4n) is 2.78. The van der Waals surface area contributed by atoms with Crippen LogP contribution in [0, 0.1) is 0 Å². The third kappa shape index (κ3) is 3.33. The molecule has 0 saturated carbocycles. The molecule has 108 valence electrons. The van der Waals surface area contributed by atoms with Crippen molar-refractivity contribution < 1.29 is 0 Å². The highest BCUT2D eigenvalue weighted by Crippen LogP contribution is 2.29. The first-order chi connectivity index (χ1) is 10.1. The predicted octanol–water partition coefficient (Wildman–Crippen LogP) is 4.66. The number of benzene rings is 2. The van der Waals surface area contributed by atoms with Crippen LogP contribution in [-0.2, 0) is 6.54 Å². The maximum Gasteiger partial charge on any atom is 0.104 e. The second-order valence-corrected chi connectivity index (χ2v) is 6.25. The highest BCUT2D eigenvalue weighted by molar-refractivity contribution is 5.99. The van der Waals surface area contributed by atoms with Crippen LogP contribution in [0.3, 0.4) is 0 Å². The molecule has 1 aliphatic rings. The highest BCUT2D eigenvalue weighted by atomic mass is 15.2. The molecular weight excluding hydrogens is 256 g/mol. The average molecular weight is 278 g/mol. The fraction of sp³-hybridized carbons (Fsp3) is 0.316. The molecule has 0 saturated heterocycles. The minimum atomic E-state index is 0.0685. The molecule has 0 unspecified atom stereocenters. The molecule has 0 aliphatic carbocycles. The average Bonchev–Trinajstić information content (AvgIpc) is 2.87. The van der Waals surface area contributed by atoms with Crippen molar-refractivity contribution in [2.45, 2.75) is 38.8 Å². The molecule has 2 aromatic carbocycles. The topological polar surface area (TPSA) is 15.6 Å². The Morgan fingerprint density at radius 1 is 0.952 bits per heavy atom. The number of hydrogen-bond donors (Lipinski definition) is 0. The van der Waals surface area contributed by atoms with Crippen LogP contribution in [0.25, 0.3) is 0 Å². The standard InChI is InChI=1S/C19H22N2/c1-19(2)14-13-18(20-19)21(17-11-7-4-8-12-17)15-16-9-5-3-6-10-16/h3-12H,13-15H2,1-2H3. The van der Waals surface area contributed by atoms with Gasteiger partial charge in [-0.25, -0.2) is 0 Å². The van der Waals surface area contributed by atoms with E-state index in [0.717, 1.165) is 19.4 Å². The minimum Gasteiger partial charge on any atom is -0.326 e. The van der Waals surface area contributed by atoms with E-state index in [1.54, 1.807) is 0 Å². The first-order valence-electron chi connectivity index (χ1n) is 7.59. The maximum absolute atomic E-state index is 4.94. The summed E-state index contributed by atoms with van der Waals surface area (Å²) in [5, 5.41) is 0. The molecule has 3 rings (SSSR count). The molecule has 0 amide bonds. The van der Waals surface area contributed by atoms with Crippen LogP contribution in [0.4, 0.5) is 5.69 Å². The van der Waals surface area contributed by atoms with Crippen LogP contribution < -0.4 is 4.90 Å². The van der Waals surface area contributed by atoms with Crippen LogP contribution in [-0.4, -0.2) is 11.4 Å². The molecule has 21 heavy (non-hydrogen) atoms. The van der Waals surface area contributed by atoms with Crippen molar-refractivity contribution in [3.05, 3.63) is 66.2 Å². The van der Waals surface area contributed by atoms with E-state index < -0.39 is 0 Å². The van der Waals surface area contributed by atoms with Gasteiger partial charge in [-0.3, -0.25) is 4.99 Å². The third-order valence-corrected chi connectivity index (χ3v) is 3.96. The van der Waals surface area contributed by atoms with E-state index in [4.69, 9.17) is 4.99 Å². The summed E-state index contributed by atoms with van der Waals surface area (Å²) in [5.41, 5.74) is 2.60. The zero-order chi connectivity index (χ0) is 14.7. The smallest absolute Gasteiger partial charge is 0.104 e. The molecule has 0 N–H and O–H groups in total. The molecule has 1 aliphatic heterocycles. The molecule has 0 atom stereocenters. The lowest BCUT2D eigenvalue weighted by molar-refractivity contribution is 0.522. The number of para-hydroxylation sites is 1. The predicted molar refractivity (Wildman–Crippen MR) is 89.8 cm³/mol. The Bertz CT molecular complexity index is 615. The number of amidine groups is 1. The van der Waals surface area contributed by atoms with Gasteiger partial charge >= 0.3 is 0 Å². The monoisotopic (exact) mass is 278 g/mol. The van der Waals surface area contributed by atoms with Crippen molar-refractivity contribution in [2.75, 3.05) is 4.90 Å². The molecule has 1 heterocycles. The van der Waals surface area contributed by atoms with Gasteiger partial charge in [-0.1, -0.05) is 48.5 Å². The first kappa shape index (κ1) is 13.9. The largest absolute Gasteiger partial charge is 0.326 e. The summed E-state index contributed by atoms with van der Waals surface area (Å²) < 4.78 is 0. The summed E-state index contributed by atoms with van der Waals surface area (Å²) in [6, 6.07) is 21.2. The molecule has 0 radical (unpaired) electrons. The second-order valence-electron chi connectivity index (χ2n) is 6.25. The zero-order valence-electron chi connectivity index (χ0n) is 12.8. The van der Waals surface area contributed by atoms with Gasteiger partial charge in [0.15, 0.2) is 0 Å². The van der Waals surface area contributed by atoms with Crippen molar-refractivity contribution in [1.82, 2.24) is 0 Å². The van der Waals surface area contributed by atoms with Gasteiger partial charge in [0.1, 0.15) is 5.84 Å². The number of anilines is 1. The van der Waals surface area contributed by atoms with E-state index in [2.05, 4.69) is 79.4 Å². The van der Waals surface area contributed by atoms with E-state index in [-0.39, 0.29) is 5.54 Å². The van der Waals surface area contributed by atoms with Gasteiger partial charge in [-0.05, 0) is 38.0 Å². The fourth-order valence-corrected chi connectivity index (χ4v) is 2.78. The number of aliphatic imine (C=N–C) groups is 1. The van der Waals surface area contributed by atoms with Crippen LogP contribution >= 0.6 is 0 Å². The van der Waals surface area contributed by atoms with Crippen molar-refractivity contribution in [3.8, 4) is 0 Å². The molecule has 0 aromatic heterocycles. The summed E-state index contributed by atoms with van der Waals surface area (Å²) in [6.07, 6.45) is 2.18. The van der Waals surface area contributed by atoms with Crippen LogP contribution in [0.5, 0.6) is 0 Å². The highest BCUT2D eigenvalue weighted by Gasteiger charge is 2.28. The van der Waals surface area contributed by atoms with Crippen LogP contribution in [0.2, 0.25) is 0 Å². The number of nitrogens with zero attached hydrogens (tertiary/aromatic N) is 2. The molecule has 0 spiro atoms. The molecule has 0 bridgehead atoms. The normalized spacial score (nSPS) is 16.6. The van der Waals surface area contributed by atoms with E-state index in [1.165, 1.54) is 17.1 Å². The lowest BCUT2D eigenvalue weighted by Crippen LogP contribution is -2.29. The first-order valence-corrected chi connectivity index (χ1v) is 7.59. The van der Waals surface area contributed by atoms with E-state index >= 15 is 0 Å². The Hall–Kier alpha value is -2.09. The van der Waals surface area contributed by atoms with E-state index in [9.17, 15) is 0 Å². The SMILES string of the molecule is CC1(C)CCC(N(Cc2ccccc2)c2ccccc2)=N1. The second kappa shape index (κ2) is 5.72. The molecular formula is C19H22N2. The Morgan fingerprint density at radius 3 is 2.14 bits per heavy atom. The summed E-state index contributed by atoms with van der Waals surface area (Å²) in [7, 11) is 0. The molecule has 2 nitrogen and oxygen atoms in total. The maximum atomic E-state index is 4.94. The van der Waals surface area contributed by atoms with Gasteiger partial charge in [0.05, 0.1) is 5.54 Å². The Balaban J connectivity index is 1.93. The van der Waals surface area contributed by atoms with E-state index in [0.29, 0.717) is 0 Å². The van der Waals surface area contributed by atoms with Gasteiger partial charge in [-0.2, -0.15) is 0 Å². The molecule has 2 heteroatoms. The summed E-state index contributed by atoms with van der Waals surface area (Å²) in [5.74, 6) is 1.20. The van der Waals surface area contributed by atoms with Crippen molar-refractivity contribution in [1.29, 1.82) is 0 Å². The Labute approximate surface area is 127 Å². The summed E-state index contributed by atoms with van der Waals surface area (Å²) >= 11 is 0. The van der Waals surface area contributed by atoms with Gasteiger partial charge < -0.3 is 4.90 Å². The number of hydrogen-bond acceptors (Lipinski definition) is 2. The van der Waals surface area contributed by atoms with Gasteiger partial charge in [0, 0.05) is 18.7 Å². The van der Waals surface area contributed by atoms with Crippen molar-refractivity contribution in [2.24, 2.45) is 4.99 Å². The molecule has 2 aromatic rings. The minimum absolute atomic E-state index is 0.0685. The van der Waals surface area contributed by atoms with E-state index in [1.807, 2.05) is 0 Å².